The van der Waals surface area contributed by atoms with E-state index in [-0.39, 0.29) is 0 Å². The van der Waals surface area contributed by atoms with Gasteiger partial charge in [-0.2, -0.15) is 11.3 Å². The largest absolute Gasteiger partial charge is 0.309 e. The molecule has 2 saturated carbocycles. The molecule has 2 aromatic rings. The molecule has 21 heavy (non-hydrogen) atoms. The predicted octanol–water partition coefficient (Wildman–Crippen LogP) is 4.23. The molecule has 0 unspecified atom stereocenters. The van der Waals surface area contributed by atoms with Gasteiger partial charge in [0.05, 0.1) is 0 Å². The first-order chi connectivity index (χ1) is 10.4. The van der Waals surface area contributed by atoms with Crippen molar-refractivity contribution < 1.29 is 0 Å². The van der Waals surface area contributed by atoms with Gasteiger partial charge < -0.3 is 5.32 Å². The fraction of sp³-hybridized carbons (Fsp3) is 0.529. The highest BCUT2D eigenvalue weighted by Crippen LogP contribution is 2.31. The zero-order valence-electron chi connectivity index (χ0n) is 12.3. The molecule has 2 fully saturated rings. The average Bonchev–Trinajstić information content (AvgIpc) is 3.41. The van der Waals surface area contributed by atoms with Gasteiger partial charge in [0.15, 0.2) is 0 Å². The SMILES string of the molecule is c1cc(CN(Cc2ccc(CNC3CC3)s2)C2CC2)cs1. The predicted molar refractivity (Wildman–Crippen MR) is 90.8 cm³/mol. The normalized spacial score (nSPS) is 18.5. The summed E-state index contributed by atoms with van der Waals surface area (Å²) in [7, 11) is 0. The Kier molecular flexibility index (Phi) is 4.12. The van der Waals surface area contributed by atoms with Gasteiger partial charge in [0.25, 0.3) is 0 Å². The highest BCUT2D eigenvalue weighted by Gasteiger charge is 2.29. The second kappa shape index (κ2) is 6.21. The second-order valence-electron chi connectivity index (χ2n) is 6.29. The van der Waals surface area contributed by atoms with E-state index in [2.05, 4.69) is 39.2 Å². The topological polar surface area (TPSA) is 15.3 Å². The summed E-state index contributed by atoms with van der Waals surface area (Å²) in [6.07, 6.45) is 5.50. The van der Waals surface area contributed by atoms with Crippen molar-refractivity contribution in [2.75, 3.05) is 0 Å². The first-order valence-corrected chi connectivity index (χ1v) is 9.69. The molecule has 0 spiro atoms. The van der Waals surface area contributed by atoms with Crippen LogP contribution in [0.2, 0.25) is 0 Å². The highest BCUT2D eigenvalue weighted by atomic mass is 32.1. The molecule has 2 aromatic heterocycles. The van der Waals surface area contributed by atoms with E-state index < -0.39 is 0 Å². The average molecular weight is 319 g/mol. The van der Waals surface area contributed by atoms with Gasteiger partial charge in [0.2, 0.25) is 0 Å². The third-order valence-corrected chi connectivity index (χ3v) is 6.05. The fourth-order valence-electron chi connectivity index (χ4n) is 2.71. The van der Waals surface area contributed by atoms with Crippen molar-refractivity contribution in [2.24, 2.45) is 0 Å². The molecule has 112 valence electrons. The monoisotopic (exact) mass is 318 g/mol. The van der Waals surface area contributed by atoms with Gasteiger partial charge in [-0.15, -0.1) is 11.3 Å². The number of rotatable bonds is 8. The van der Waals surface area contributed by atoms with E-state index >= 15 is 0 Å². The molecule has 0 aromatic carbocycles. The molecule has 0 amide bonds. The molecule has 2 aliphatic rings. The van der Waals surface area contributed by atoms with Crippen molar-refractivity contribution in [3.05, 3.63) is 44.3 Å². The van der Waals surface area contributed by atoms with Crippen LogP contribution >= 0.6 is 22.7 Å². The Balaban J connectivity index is 1.35. The lowest BCUT2D eigenvalue weighted by Gasteiger charge is -2.20. The maximum atomic E-state index is 3.61. The molecule has 0 saturated heterocycles. The van der Waals surface area contributed by atoms with Crippen molar-refractivity contribution in [3.63, 3.8) is 0 Å². The Bertz CT molecular complexity index is 567. The summed E-state index contributed by atoms with van der Waals surface area (Å²) in [5.74, 6) is 0. The Morgan fingerprint density at radius 1 is 1.05 bits per heavy atom. The van der Waals surface area contributed by atoms with Crippen LogP contribution in [0.5, 0.6) is 0 Å². The van der Waals surface area contributed by atoms with E-state index in [1.807, 2.05) is 11.3 Å². The van der Waals surface area contributed by atoms with Gasteiger partial charge >= 0.3 is 0 Å². The minimum atomic E-state index is 0.803. The van der Waals surface area contributed by atoms with Gasteiger partial charge in [-0.25, -0.2) is 0 Å². The van der Waals surface area contributed by atoms with Gasteiger partial charge in [-0.1, -0.05) is 0 Å². The Labute approximate surface area is 134 Å². The summed E-state index contributed by atoms with van der Waals surface area (Å²) in [5.41, 5.74) is 1.47. The Morgan fingerprint density at radius 3 is 2.62 bits per heavy atom. The zero-order chi connectivity index (χ0) is 14.1. The maximum Gasteiger partial charge on any atom is 0.0334 e. The molecule has 4 rings (SSSR count). The summed E-state index contributed by atoms with van der Waals surface area (Å²) < 4.78 is 0. The minimum absolute atomic E-state index is 0.803. The smallest absolute Gasteiger partial charge is 0.0334 e. The van der Waals surface area contributed by atoms with Crippen LogP contribution in [0, 0.1) is 0 Å². The van der Waals surface area contributed by atoms with Crippen LogP contribution < -0.4 is 5.32 Å². The molecule has 1 N–H and O–H groups in total. The summed E-state index contributed by atoms with van der Waals surface area (Å²) in [4.78, 5) is 5.67. The van der Waals surface area contributed by atoms with E-state index in [9.17, 15) is 0 Å². The summed E-state index contributed by atoms with van der Waals surface area (Å²) in [6, 6.07) is 8.53. The fourth-order valence-corrected chi connectivity index (χ4v) is 4.36. The second-order valence-corrected chi connectivity index (χ2v) is 8.32. The van der Waals surface area contributed by atoms with Crippen molar-refractivity contribution >= 4 is 22.7 Å². The number of nitrogens with zero attached hydrogens (tertiary/aromatic N) is 1. The molecule has 0 atom stereocenters. The number of nitrogens with one attached hydrogen (secondary N) is 1. The van der Waals surface area contributed by atoms with Crippen LogP contribution in [0.15, 0.2) is 29.0 Å². The highest BCUT2D eigenvalue weighted by molar-refractivity contribution is 7.12. The van der Waals surface area contributed by atoms with Crippen LogP contribution in [0.25, 0.3) is 0 Å². The van der Waals surface area contributed by atoms with Crippen LogP contribution in [0.4, 0.5) is 0 Å². The number of hydrogen-bond acceptors (Lipinski definition) is 4. The van der Waals surface area contributed by atoms with Crippen molar-refractivity contribution in [1.29, 1.82) is 0 Å². The first-order valence-electron chi connectivity index (χ1n) is 7.93. The van der Waals surface area contributed by atoms with Gasteiger partial charge in [0, 0.05) is 41.5 Å². The molecule has 0 radical (unpaired) electrons. The number of hydrogen-bond donors (Lipinski definition) is 1. The van der Waals surface area contributed by atoms with E-state index in [0.29, 0.717) is 0 Å². The van der Waals surface area contributed by atoms with Crippen LogP contribution in [-0.2, 0) is 19.6 Å². The van der Waals surface area contributed by atoms with Crippen LogP contribution in [0.3, 0.4) is 0 Å². The standard InChI is InChI=1S/C17H22N2S2/c1-2-14(1)18-9-16-5-6-17(21-16)11-19(15-3-4-15)10-13-7-8-20-12-13/h5-8,12,14-15,18H,1-4,9-11H2. The lowest BCUT2D eigenvalue weighted by Crippen LogP contribution is -2.24. The molecule has 0 bridgehead atoms. The van der Waals surface area contributed by atoms with Gasteiger partial charge in [-0.05, 0) is 60.2 Å². The Morgan fingerprint density at radius 2 is 1.90 bits per heavy atom. The minimum Gasteiger partial charge on any atom is -0.309 e. The van der Waals surface area contributed by atoms with Crippen LogP contribution in [-0.4, -0.2) is 17.0 Å². The maximum absolute atomic E-state index is 3.61. The summed E-state index contributed by atoms with van der Waals surface area (Å²) >= 11 is 3.79. The van der Waals surface area contributed by atoms with Crippen molar-refractivity contribution in [1.82, 2.24) is 10.2 Å². The molecule has 4 heteroatoms. The lowest BCUT2D eigenvalue weighted by atomic mass is 10.3. The van der Waals surface area contributed by atoms with E-state index in [1.165, 1.54) is 41.0 Å². The van der Waals surface area contributed by atoms with Crippen molar-refractivity contribution in [3.8, 4) is 0 Å². The quantitative estimate of drug-likeness (QED) is 0.784. The third kappa shape index (κ3) is 3.95. The summed E-state index contributed by atoms with van der Waals surface area (Å²) in [5, 5.41) is 8.08. The first kappa shape index (κ1) is 13.9. The van der Waals surface area contributed by atoms with E-state index in [4.69, 9.17) is 0 Å². The number of thiophene rings is 2. The van der Waals surface area contributed by atoms with Crippen LogP contribution in [0.1, 0.15) is 41.0 Å². The summed E-state index contributed by atoms with van der Waals surface area (Å²) in [6.45, 7) is 3.29. The van der Waals surface area contributed by atoms with Gasteiger partial charge in [0.1, 0.15) is 0 Å². The zero-order valence-corrected chi connectivity index (χ0v) is 13.9. The Hall–Kier alpha value is -0.680. The molecule has 0 aliphatic heterocycles. The third-order valence-electron chi connectivity index (χ3n) is 4.25. The molecular formula is C17H22N2S2. The lowest BCUT2D eigenvalue weighted by molar-refractivity contribution is 0.248. The molecule has 2 aliphatic carbocycles. The van der Waals surface area contributed by atoms with Gasteiger partial charge in [-0.3, -0.25) is 4.90 Å². The molecule has 2 heterocycles. The van der Waals surface area contributed by atoms with Crippen molar-refractivity contribution in [2.45, 2.75) is 57.4 Å². The van der Waals surface area contributed by atoms with E-state index in [0.717, 1.165) is 31.7 Å². The molecule has 2 nitrogen and oxygen atoms in total. The molecular weight excluding hydrogens is 296 g/mol. The van der Waals surface area contributed by atoms with E-state index in [1.54, 1.807) is 11.3 Å².